The first kappa shape index (κ1) is 11.9. The summed E-state index contributed by atoms with van der Waals surface area (Å²) >= 11 is 6.47. The minimum atomic E-state index is 0.561. The number of hydrogen-bond donors (Lipinski definition) is 0. The van der Waals surface area contributed by atoms with E-state index in [1.54, 1.807) is 7.11 Å². The van der Waals surface area contributed by atoms with Gasteiger partial charge in [0.1, 0.15) is 0 Å². The fourth-order valence-corrected chi connectivity index (χ4v) is 2.63. The van der Waals surface area contributed by atoms with Gasteiger partial charge in [-0.05, 0) is 17.7 Å². The van der Waals surface area contributed by atoms with E-state index in [1.165, 1.54) is 0 Å². The number of ether oxygens (including phenoxy) is 2. The Kier molecular flexibility index (Phi) is 3.20. The summed E-state index contributed by atoms with van der Waals surface area (Å²) in [7, 11) is 1.69. The molecule has 0 N–H and O–H groups in total. The fourth-order valence-electron chi connectivity index (χ4n) is 2.31. The van der Waals surface area contributed by atoms with E-state index in [0.29, 0.717) is 13.2 Å². The quantitative estimate of drug-likeness (QED) is 0.834. The van der Waals surface area contributed by atoms with E-state index in [0.717, 1.165) is 45.8 Å². The van der Waals surface area contributed by atoms with Gasteiger partial charge in [-0.25, -0.2) is 0 Å². The van der Waals surface area contributed by atoms with Crippen molar-refractivity contribution in [3.8, 4) is 0 Å². The van der Waals surface area contributed by atoms with E-state index in [4.69, 9.17) is 21.1 Å². The van der Waals surface area contributed by atoms with Crippen molar-refractivity contribution >= 4 is 22.5 Å². The Bertz CT molecular complexity index is 598. The second-order valence-electron chi connectivity index (χ2n) is 4.44. The molecule has 2 aromatic rings. The van der Waals surface area contributed by atoms with Gasteiger partial charge in [0.2, 0.25) is 0 Å². The molecule has 0 fully saturated rings. The third-order valence-corrected chi connectivity index (χ3v) is 3.64. The molecule has 4 heteroatoms. The molecule has 1 aromatic heterocycles. The number of fused-ring (bicyclic) bond motifs is 2. The molecular weight excluding hydrogens is 250 g/mol. The number of methoxy groups -OCH3 is 1. The molecule has 0 saturated heterocycles. The molecule has 0 saturated carbocycles. The number of pyridine rings is 1. The van der Waals surface area contributed by atoms with Crippen LogP contribution in [0.3, 0.4) is 0 Å². The van der Waals surface area contributed by atoms with Gasteiger partial charge in [0.05, 0.1) is 36.1 Å². The Hall–Kier alpha value is -1.16. The topological polar surface area (TPSA) is 31.4 Å². The lowest BCUT2D eigenvalue weighted by Crippen LogP contribution is -2.12. The third kappa shape index (κ3) is 1.99. The highest BCUT2D eigenvalue weighted by Crippen LogP contribution is 2.31. The van der Waals surface area contributed by atoms with E-state index >= 15 is 0 Å². The van der Waals surface area contributed by atoms with Crippen molar-refractivity contribution in [2.24, 2.45) is 0 Å². The molecule has 94 valence electrons. The average Bonchev–Trinajstić information content (AvgIpc) is 2.40. The lowest BCUT2D eigenvalue weighted by atomic mass is 10.0. The molecule has 0 aliphatic carbocycles. The van der Waals surface area contributed by atoms with Crippen LogP contribution in [0.5, 0.6) is 0 Å². The maximum Gasteiger partial charge on any atom is 0.0749 e. The van der Waals surface area contributed by atoms with Crippen molar-refractivity contribution in [2.45, 2.75) is 19.6 Å². The Morgan fingerprint density at radius 2 is 2.33 bits per heavy atom. The van der Waals surface area contributed by atoms with Gasteiger partial charge in [0.25, 0.3) is 0 Å². The largest absolute Gasteiger partial charge is 0.380 e. The highest BCUT2D eigenvalue weighted by molar-refractivity contribution is 6.36. The number of hydrogen-bond acceptors (Lipinski definition) is 3. The minimum absolute atomic E-state index is 0.561. The Morgan fingerprint density at radius 3 is 3.17 bits per heavy atom. The van der Waals surface area contributed by atoms with Crippen LogP contribution in [0.2, 0.25) is 5.02 Å². The second-order valence-corrected chi connectivity index (χ2v) is 4.82. The van der Waals surface area contributed by atoms with Gasteiger partial charge in [-0.15, -0.1) is 0 Å². The first-order chi connectivity index (χ1) is 8.79. The van der Waals surface area contributed by atoms with E-state index < -0.39 is 0 Å². The van der Waals surface area contributed by atoms with Gasteiger partial charge in [-0.3, -0.25) is 4.98 Å². The molecule has 0 bridgehead atoms. The molecule has 18 heavy (non-hydrogen) atoms. The fraction of sp³-hybridized carbons (Fsp3) is 0.357. The minimum Gasteiger partial charge on any atom is -0.380 e. The number of aromatic nitrogens is 1. The zero-order valence-electron chi connectivity index (χ0n) is 10.2. The lowest BCUT2D eigenvalue weighted by Gasteiger charge is -2.18. The zero-order chi connectivity index (χ0) is 12.5. The predicted molar refractivity (Wildman–Crippen MR) is 70.8 cm³/mol. The normalized spacial score (nSPS) is 14.8. The van der Waals surface area contributed by atoms with E-state index in [1.807, 2.05) is 18.2 Å². The summed E-state index contributed by atoms with van der Waals surface area (Å²) in [4.78, 5) is 4.67. The summed E-state index contributed by atoms with van der Waals surface area (Å²) in [6, 6.07) is 6.08. The van der Waals surface area contributed by atoms with Gasteiger partial charge in [0.15, 0.2) is 0 Å². The van der Waals surface area contributed by atoms with Crippen LogP contribution >= 0.6 is 11.6 Å². The molecule has 0 unspecified atom stereocenters. The molecule has 0 atom stereocenters. The summed E-state index contributed by atoms with van der Waals surface area (Å²) in [5, 5.41) is 1.75. The van der Waals surface area contributed by atoms with Gasteiger partial charge in [0, 0.05) is 24.5 Å². The molecule has 3 rings (SSSR count). The number of rotatable bonds is 2. The molecule has 0 spiro atoms. The highest BCUT2D eigenvalue weighted by atomic mass is 35.5. The van der Waals surface area contributed by atoms with Crippen LogP contribution < -0.4 is 0 Å². The van der Waals surface area contributed by atoms with Gasteiger partial charge >= 0.3 is 0 Å². The summed E-state index contributed by atoms with van der Waals surface area (Å²) in [5.74, 6) is 0. The van der Waals surface area contributed by atoms with Crippen molar-refractivity contribution < 1.29 is 9.47 Å². The SMILES string of the molecule is COCc1ccc2nc3c(c(Cl)c2c1)COCC3. The highest BCUT2D eigenvalue weighted by Gasteiger charge is 2.17. The number of nitrogens with zero attached hydrogens (tertiary/aromatic N) is 1. The summed E-state index contributed by atoms with van der Waals surface area (Å²) < 4.78 is 10.6. The van der Waals surface area contributed by atoms with Crippen LogP contribution in [0, 0.1) is 0 Å². The molecule has 0 amide bonds. The Morgan fingerprint density at radius 1 is 1.44 bits per heavy atom. The first-order valence-corrected chi connectivity index (χ1v) is 6.34. The molecule has 3 nitrogen and oxygen atoms in total. The second kappa shape index (κ2) is 4.84. The summed E-state index contributed by atoms with van der Waals surface area (Å²) in [6.45, 7) is 1.87. The summed E-state index contributed by atoms with van der Waals surface area (Å²) in [5.41, 5.74) is 4.15. The van der Waals surface area contributed by atoms with Gasteiger partial charge < -0.3 is 9.47 Å². The van der Waals surface area contributed by atoms with Crippen LogP contribution in [0.15, 0.2) is 18.2 Å². The van der Waals surface area contributed by atoms with Crippen LogP contribution in [-0.4, -0.2) is 18.7 Å². The molecule has 0 radical (unpaired) electrons. The molecule has 1 aliphatic rings. The number of halogens is 1. The van der Waals surface area contributed by atoms with E-state index in [2.05, 4.69) is 4.98 Å². The van der Waals surface area contributed by atoms with Crippen molar-refractivity contribution in [3.05, 3.63) is 40.0 Å². The maximum atomic E-state index is 6.47. The number of benzene rings is 1. The molecule has 2 heterocycles. The Labute approximate surface area is 111 Å². The van der Waals surface area contributed by atoms with Crippen molar-refractivity contribution in [3.63, 3.8) is 0 Å². The van der Waals surface area contributed by atoms with Crippen LogP contribution in [0.25, 0.3) is 10.9 Å². The van der Waals surface area contributed by atoms with E-state index in [-0.39, 0.29) is 0 Å². The van der Waals surface area contributed by atoms with Crippen molar-refractivity contribution in [1.82, 2.24) is 4.98 Å². The van der Waals surface area contributed by atoms with Crippen LogP contribution in [0.1, 0.15) is 16.8 Å². The molecule has 1 aliphatic heterocycles. The predicted octanol–water partition coefficient (Wildman–Crippen LogP) is 3.11. The van der Waals surface area contributed by atoms with Crippen LogP contribution in [-0.2, 0) is 29.1 Å². The van der Waals surface area contributed by atoms with Crippen LogP contribution in [0.4, 0.5) is 0 Å². The molecule has 1 aromatic carbocycles. The van der Waals surface area contributed by atoms with Crippen molar-refractivity contribution in [1.29, 1.82) is 0 Å². The first-order valence-electron chi connectivity index (χ1n) is 5.96. The summed E-state index contributed by atoms with van der Waals surface area (Å²) in [6.07, 6.45) is 0.838. The standard InChI is InChI=1S/C14H14ClNO2/c1-17-7-9-2-3-12-10(6-9)14(15)11-8-18-5-4-13(11)16-12/h2-3,6H,4-5,7-8H2,1H3. The maximum absolute atomic E-state index is 6.47. The smallest absolute Gasteiger partial charge is 0.0749 e. The van der Waals surface area contributed by atoms with Gasteiger partial charge in [-0.1, -0.05) is 17.7 Å². The average molecular weight is 264 g/mol. The molecular formula is C14H14ClNO2. The monoisotopic (exact) mass is 263 g/mol. The van der Waals surface area contributed by atoms with E-state index in [9.17, 15) is 0 Å². The zero-order valence-corrected chi connectivity index (χ0v) is 11.0. The lowest BCUT2D eigenvalue weighted by molar-refractivity contribution is 0.109. The Balaban J connectivity index is 2.19. The van der Waals surface area contributed by atoms with Gasteiger partial charge in [-0.2, -0.15) is 0 Å². The van der Waals surface area contributed by atoms with Crippen molar-refractivity contribution in [2.75, 3.05) is 13.7 Å². The third-order valence-electron chi connectivity index (χ3n) is 3.21.